The van der Waals surface area contributed by atoms with Crippen LogP contribution in [0.5, 0.6) is 0 Å². The molecule has 2 aromatic carbocycles. The second kappa shape index (κ2) is 9.13. The third kappa shape index (κ3) is 4.65. The number of aromatic nitrogens is 1. The van der Waals surface area contributed by atoms with E-state index in [1.807, 2.05) is 12.1 Å². The van der Waals surface area contributed by atoms with Crippen molar-refractivity contribution in [1.82, 2.24) is 4.98 Å². The third-order valence-corrected chi connectivity index (χ3v) is 4.70. The molecule has 8 nitrogen and oxygen atoms in total. The Labute approximate surface area is 183 Å². The Morgan fingerprint density at radius 1 is 0.875 bits per heavy atom. The van der Waals surface area contributed by atoms with Crippen molar-refractivity contribution >= 4 is 28.9 Å². The fourth-order valence-electron chi connectivity index (χ4n) is 3.23. The highest BCUT2D eigenvalue weighted by Crippen LogP contribution is 2.24. The molecular formula is C24H20N4O4. The minimum Gasteiger partial charge on any atom is -0.464 e. The average Bonchev–Trinajstić information content (AvgIpc) is 3.48. The smallest absolute Gasteiger partial charge is 0.242 e. The van der Waals surface area contributed by atoms with E-state index < -0.39 is 17.7 Å². The predicted octanol–water partition coefficient (Wildman–Crippen LogP) is 4.83. The number of hydrogen-bond acceptors (Lipinski definition) is 6. The zero-order chi connectivity index (χ0) is 22.5. The van der Waals surface area contributed by atoms with E-state index in [1.165, 1.54) is 19.4 Å². The van der Waals surface area contributed by atoms with Gasteiger partial charge in [-0.3, -0.25) is 9.59 Å². The molecule has 4 aromatic rings. The lowest BCUT2D eigenvalue weighted by atomic mass is 10.0. The summed E-state index contributed by atoms with van der Waals surface area (Å²) in [4.78, 5) is 29.8. The van der Waals surface area contributed by atoms with Gasteiger partial charge < -0.3 is 24.9 Å². The molecule has 32 heavy (non-hydrogen) atoms. The minimum atomic E-state index is -1.30. The highest BCUT2D eigenvalue weighted by atomic mass is 16.3. The van der Waals surface area contributed by atoms with Gasteiger partial charge >= 0.3 is 0 Å². The molecule has 0 fully saturated rings. The summed E-state index contributed by atoms with van der Waals surface area (Å²) in [6.07, 6.45) is 4.55. The van der Waals surface area contributed by atoms with Gasteiger partial charge in [0.2, 0.25) is 17.7 Å². The molecule has 2 aromatic heterocycles. The normalized spacial score (nSPS) is 11.5. The Morgan fingerprint density at radius 3 is 2.09 bits per heavy atom. The maximum atomic E-state index is 12.9. The van der Waals surface area contributed by atoms with E-state index in [0.29, 0.717) is 28.6 Å². The van der Waals surface area contributed by atoms with Crippen molar-refractivity contribution in [3.05, 3.63) is 79.4 Å². The zero-order valence-corrected chi connectivity index (χ0v) is 17.2. The van der Waals surface area contributed by atoms with E-state index in [4.69, 9.17) is 14.2 Å². The average molecular weight is 428 g/mol. The minimum absolute atomic E-state index is 0.0777. The number of oxazole rings is 1. The fraction of sp³-hybridized carbons (Fsp3) is 0.0833. The summed E-state index contributed by atoms with van der Waals surface area (Å²) in [5.41, 5.74) is 2.34. The Morgan fingerprint density at radius 2 is 1.53 bits per heavy atom. The molecule has 0 aliphatic heterocycles. The van der Waals surface area contributed by atoms with E-state index in [0.717, 1.165) is 5.56 Å². The van der Waals surface area contributed by atoms with Crippen LogP contribution in [0, 0.1) is 11.3 Å². The summed E-state index contributed by atoms with van der Waals surface area (Å²) >= 11 is 0. The van der Waals surface area contributed by atoms with Gasteiger partial charge in [-0.2, -0.15) is 0 Å². The number of hydrogen-bond donors (Lipinski definition) is 3. The van der Waals surface area contributed by atoms with Crippen molar-refractivity contribution in [1.29, 1.82) is 5.41 Å². The molecule has 0 aliphatic carbocycles. The van der Waals surface area contributed by atoms with E-state index in [1.54, 1.807) is 54.8 Å². The molecule has 3 N–H and O–H groups in total. The molecule has 0 bridgehead atoms. The third-order valence-electron chi connectivity index (χ3n) is 4.70. The Kier molecular flexibility index (Phi) is 5.94. The number of carbonyl (C=O) groups excluding carboxylic acids is 2. The summed E-state index contributed by atoms with van der Waals surface area (Å²) < 4.78 is 10.7. The standard InChI is InChI=1S/C24H20N4O4/c1-15(25)21(22(29)27-18-7-2-5-16(13-18)20-9-4-11-31-20)23(30)28-19-8-3-6-17(14-19)24-26-10-12-32-24/h2-14,21,25H,1H3,(H,27,29)(H,28,30). The van der Waals surface area contributed by atoms with Gasteiger partial charge in [0, 0.05) is 28.2 Å². The van der Waals surface area contributed by atoms with E-state index in [2.05, 4.69) is 15.6 Å². The van der Waals surface area contributed by atoms with E-state index in [-0.39, 0.29) is 5.71 Å². The van der Waals surface area contributed by atoms with Crippen molar-refractivity contribution in [3.8, 4) is 22.8 Å². The number of nitrogens with one attached hydrogen (secondary N) is 3. The van der Waals surface area contributed by atoms with Gasteiger partial charge in [-0.25, -0.2) is 4.98 Å². The molecule has 2 heterocycles. The predicted molar refractivity (Wildman–Crippen MR) is 120 cm³/mol. The highest BCUT2D eigenvalue weighted by Gasteiger charge is 2.29. The van der Waals surface area contributed by atoms with Crippen molar-refractivity contribution < 1.29 is 18.4 Å². The number of benzene rings is 2. The lowest BCUT2D eigenvalue weighted by molar-refractivity contribution is -0.126. The number of nitrogens with zero attached hydrogens (tertiary/aromatic N) is 1. The lowest BCUT2D eigenvalue weighted by Gasteiger charge is -2.16. The van der Waals surface area contributed by atoms with Crippen LogP contribution in [0.1, 0.15) is 6.92 Å². The quantitative estimate of drug-likeness (QED) is 0.287. The number of amides is 2. The molecule has 4 rings (SSSR count). The summed E-state index contributed by atoms with van der Waals surface area (Å²) in [6, 6.07) is 17.6. The number of anilines is 2. The number of carbonyl (C=O) groups is 2. The molecule has 1 unspecified atom stereocenters. The second-order valence-corrected chi connectivity index (χ2v) is 7.07. The van der Waals surface area contributed by atoms with Crippen LogP contribution >= 0.6 is 0 Å². The maximum absolute atomic E-state index is 12.9. The van der Waals surface area contributed by atoms with Crippen LogP contribution in [0.4, 0.5) is 11.4 Å². The van der Waals surface area contributed by atoms with Gasteiger partial charge in [0.05, 0.1) is 12.5 Å². The molecule has 0 aliphatic rings. The van der Waals surface area contributed by atoms with E-state index >= 15 is 0 Å². The van der Waals surface area contributed by atoms with Crippen molar-refractivity contribution in [2.45, 2.75) is 6.92 Å². The molecule has 0 saturated heterocycles. The van der Waals surface area contributed by atoms with Crippen LogP contribution in [-0.2, 0) is 9.59 Å². The highest BCUT2D eigenvalue weighted by molar-refractivity contribution is 6.24. The van der Waals surface area contributed by atoms with Gasteiger partial charge in [0.15, 0.2) is 5.92 Å². The van der Waals surface area contributed by atoms with Gasteiger partial charge in [0.25, 0.3) is 0 Å². The summed E-state index contributed by atoms with van der Waals surface area (Å²) in [5.74, 6) is -1.44. The van der Waals surface area contributed by atoms with Crippen molar-refractivity contribution in [3.63, 3.8) is 0 Å². The molecule has 2 amide bonds. The van der Waals surface area contributed by atoms with Crippen LogP contribution in [0.2, 0.25) is 0 Å². The maximum Gasteiger partial charge on any atom is 0.242 e. The first kappa shape index (κ1) is 20.8. The lowest BCUT2D eigenvalue weighted by Crippen LogP contribution is -2.38. The summed E-state index contributed by atoms with van der Waals surface area (Å²) in [7, 11) is 0. The summed E-state index contributed by atoms with van der Waals surface area (Å²) in [5, 5.41) is 13.4. The first-order valence-corrected chi connectivity index (χ1v) is 9.82. The van der Waals surface area contributed by atoms with Gasteiger partial charge in [0.1, 0.15) is 12.0 Å². The molecule has 0 radical (unpaired) electrons. The number of rotatable bonds is 7. The summed E-state index contributed by atoms with van der Waals surface area (Å²) in [6.45, 7) is 1.42. The van der Waals surface area contributed by atoms with Crippen LogP contribution in [-0.4, -0.2) is 22.5 Å². The largest absolute Gasteiger partial charge is 0.464 e. The monoisotopic (exact) mass is 428 g/mol. The number of furan rings is 1. The topological polar surface area (TPSA) is 121 Å². The van der Waals surface area contributed by atoms with Crippen LogP contribution in [0.25, 0.3) is 22.8 Å². The Hall–Kier alpha value is -4.46. The molecule has 160 valence electrons. The van der Waals surface area contributed by atoms with Crippen LogP contribution < -0.4 is 10.6 Å². The SMILES string of the molecule is CC(=N)C(C(=O)Nc1cccc(-c2ccco2)c1)C(=O)Nc1cccc(-c2ncco2)c1. The molecule has 1 atom stereocenters. The first-order chi connectivity index (χ1) is 15.5. The first-order valence-electron chi connectivity index (χ1n) is 9.82. The zero-order valence-electron chi connectivity index (χ0n) is 17.2. The molecule has 0 saturated carbocycles. The van der Waals surface area contributed by atoms with Crippen LogP contribution in [0.15, 0.2) is 88.2 Å². The Balaban J connectivity index is 1.49. The fourth-order valence-corrected chi connectivity index (χ4v) is 3.23. The van der Waals surface area contributed by atoms with Gasteiger partial charge in [-0.1, -0.05) is 18.2 Å². The van der Waals surface area contributed by atoms with E-state index in [9.17, 15) is 9.59 Å². The van der Waals surface area contributed by atoms with Crippen molar-refractivity contribution in [2.75, 3.05) is 10.6 Å². The molecular weight excluding hydrogens is 408 g/mol. The van der Waals surface area contributed by atoms with Crippen LogP contribution in [0.3, 0.4) is 0 Å². The molecule has 8 heteroatoms. The molecule has 0 spiro atoms. The Bertz CT molecular complexity index is 1160. The van der Waals surface area contributed by atoms with Gasteiger partial charge in [-0.05, 0) is 49.4 Å². The van der Waals surface area contributed by atoms with Crippen molar-refractivity contribution in [2.24, 2.45) is 5.92 Å². The second-order valence-electron chi connectivity index (χ2n) is 7.07. The van der Waals surface area contributed by atoms with Gasteiger partial charge in [-0.15, -0.1) is 0 Å².